The molecule has 1 saturated carbocycles. The largest absolute Gasteiger partial charge is 0.384 e. The van der Waals surface area contributed by atoms with Crippen LogP contribution in [0.1, 0.15) is 32.6 Å². The molecular weight excluding hydrogens is 188 g/mol. The second-order valence-corrected chi connectivity index (χ2v) is 5.07. The Bertz CT molecular complexity index is 167. The zero-order valence-corrected chi connectivity index (χ0v) is 10.4. The lowest BCUT2D eigenvalue weighted by Crippen LogP contribution is -2.40. The first-order valence-corrected chi connectivity index (χ1v) is 6.08. The van der Waals surface area contributed by atoms with Crippen LogP contribution in [-0.2, 0) is 4.74 Å². The smallest absolute Gasteiger partial charge is 0.0500 e. The van der Waals surface area contributed by atoms with E-state index in [1.807, 2.05) is 0 Å². The fraction of sp³-hybridized carbons (Fsp3) is 1.00. The number of nitrogens with zero attached hydrogens (tertiary/aromatic N) is 1. The molecule has 2 N–H and O–H groups in total. The first-order valence-electron chi connectivity index (χ1n) is 6.08. The molecule has 3 heteroatoms. The fourth-order valence-corrected chi connectivity index (χ4v) is 2.52. The van der Waals surface area contributed by atoms with Gasteiger partial charge in [0.2, 0.25) is 0 Å². The van der Waals surface area contributed by atoms with Crippen molar-refractivity contribution < 1.29 is 4.74 Å². The van der Waals surface area contributed by atoms with Crippen LogP contribution in [0.2, 0.25) is 0 Å². The zero-order valence-electron chi connectivity index (χ0n) is 10.4. The van der Waals surface area contributed by atoms with E-state index < -0.39 is 0 Å². The van der Waals surface area contributed by atoms with Crippen LogP contribution in [0.25, 0.3) is 0 Å². The summed E-state index contributed by atoms with van der Waals surface area (Å²) in [5.74, 6) is 0.621. The van der Waals surface area contributed by atoms with Crippen molar-refractivity contribution in [2.75, 3.05) is 27.3 Å². The molecule has 0 aromatic rings. The summed E-state index contributed by atoms with van der Waals surface area (Å²) < 4.78 is 5.16. The number of methoxy groups -OCH3 is 1. The van der Waals surface area contributed by atoms with Gasteiger partial charge in [0.1, 0.15) is 0 Å². The van der Waals surface area contributed by atoms with Gasteiger partial charge in [-0.05, 0) is 38.6 Å². The Hall–Kier alpha value is -0.120. The molecule has 0 bridgehead atoms. The second-order valence-electron chi connectivity index (χ2n) is 5.07. The number of hydrogen-bond acceptors (Lipinski definition) is 3. The zero-order chi connectivity index (χ0) is 11.3. The van der Waals surface area contributed by atoms with Crippen LogP contribution in [0.3, 0.4) is 0 Å². The summed E-state index contributed by atoms with van der Waals surface area (Å²) in [7, 11) is 4.00. The molecule has 90 valence electrons. The highest BCUT2D eigenvalue weighted by molar-refractivity contribution is 4.80. The minimum Gasteiger partial charge on any atom is -0.384 e. The maximum Gasteiger partial charge on any atom is 0.0500 e. The highest BCUT2D eigenvalue weighted by Gasteiger charge is 2.22. The van der Waals surface area contributed by atoms with E-state index in [4.69, 9.17) is 10.5 Å². The predicted molar refractivity (Wildman–Crippen MR) is 63.9 cm³/mol. The maximum absolute atomic E-state index is 5.91. The molecule has 0 heterocycles. The van der Waals surface area contributed by atoms with Gasteiger partial charge in [-0.15, -0.1) is 0 Å². The van der Waals surface area contributed by atoms with E-state index in [1.54, 1.807) is 7.11 Å². The summed E-state index contributed by atoms with van der Waals surface area (Å²) in [6, 6.07) is 1.19. The lowest BCUT2D eigenvalue weighted by atomic mass is 9.90. The first-order chi connectivity index (χ1) is 7.13. The van der Waals surface area contributed by atoms with E-state index in [1.165, 1.54) is 25.7 Å². The van der Waals surface area contributed by atoms with Crippen molar-refractivity contribution in [2.24, 2.45) is 11.7 Å². The molecule has 3 nitrogen and oxygen atoms in total. The summed E-state index contributed by atoms with van der Waals surface area (Å²) in [5.41, 5.74) is 5.91. The molecule has 0 aromatic carbocycles. The Morgan fingerprint density at radius 3 is 2.47 bits per heavy atom. The number of ether oxygens (including phenoxy) is 1. The summed E-state index contributed by atoms with van der Waals surface area (Å²) >= 11 is 0. The molecule has 0 aromatic heterocycles. The highest BCUT2D eigenvalue weighted by atomic mass is 16.5. The van der Waals surface area contributed by atoms with Gasteiger partial charge in [0.05, 0.1) is 0 Å². The molecule has 1 unspecified atom stereocenters. The lowest BCUT2D eigenvalue weighted by molar-refractivity contribution is 0.110. The molecule has 0 spiro atoms. The van der Waals surface area contributed by atoms with Gasteiger partial charge in [0.15, 0.2) is 0 Å². The summed E-state index contributed by atoms with van der Waals surface area (Å²) in [4.78, 5) is 2.48. The van der Waals surface area contributed by atoms with Gasteiger partial charge in [-0.1, -0.05) is 6.92 Å². The predicted octanol–water partition coefficient (Wildman–Crippen LogP) is 1.47. The van der Waals surface area contributed by atoms with Crippen molar-refractivity contribution in [3.05, 3.63) is 0 Å². The van der Waals surface area contributed by atoms with Crippen molar-refractivity contribution in [1.82, 2.24) is 4.90 Å². The van der Waals surface area contributed by atoms with Crippen molar-refractivity contribution >= 4 is 0 Å². The summed E-state index contributed by atoms with van der Waals surface area (Å²) in [5, 5.41) is 0. The van der Waals surface area contributed by atoms with Crippen molar-refractivity contribution in [1.29, 1.82) is 0 Å². The van der Waals surface area contributed by atoms with Gasteiger partial charge in [0.25, 0.3) is 0 Å². The third-order valence-electron chi connectivity index (χ3n) is 3.42. The molecule has 0 radical (unpaired) electrons. The van der Waals surface area contributed by atoms with Gasteiger partial charge in [0, 0.05) is 32.3 Å². The molecule has 1 aliphatic carbocycles. The third-order valence-corrected chi connectivity index (χ3v) is 3.42. The molecule has 1 atom stereocenters. The molecule has 0 aliphatic heterocycles. The van der Waals surface area contributed by atoms with E-state index in [2.05, 4.69) is 18.9 Å². The lowest BCUT2D eigenvalue weighted by Gasteiger charge is -2.34. The quantitative estimate of drug-likeness (QED) is 0.753. The van der Waals surface area contributed by atoms with E-state index in [-0.39, 0.29) is 0 Å². The Morgan fingerprint density at radius 1 is 1.33 bits per heavy atom. The normalized spacial score (nSPS) is 29.4. The summed E-state index contributed by atoms with van der Waals surface area (Å²) in [6.07, 6.45) is 4.90. The molecule has 1 aliphatic rings. The fourth-order valence-electron chi connectivity index (χ4n) is 2.52. The second kappa shape index (κ2) is 6.46. The van der Waals surface area contributed by atoms with E-state index in [0.29, 0.717) is 12.0 Å². The van der Waals surface area contributed by atoms with Crippen molar-refractivity contribution in [3.63, 3.8) is 0 Å². The molecule has 0 amide bonds. The van der Waals surface area contributed by atoms with E-state index in [0.717, 1.165) is 19.2 Å². The van der Waals surface area contributed by atoms with Gasteiger partial charge in [-0.25, -0.2) is 0 Å². The minimum absolute atomic E-state index is 0.450. The summed E-state index contributed by atoms with van der Waals surface area (Å²) in [6.45, 7) is 4.24. The van der Waals surface area contributed by atoms with Crippen LogP contribution >= 0.6 is 0 Å². The van der Waals surface area contributed by atoms with Crippen LogP contribution in [-0.4, -0.2) is 44.3 Å². The van der Waals surface area contributed by atoms with Crippen molar-refractivity contribution in [2.45, 2.75) is 44.7 Å². The Kier molecular flexibility index (Phi) is 5.58. The topological polar surface area (TPSA) is 38.5 Å². The number of hydrogen-bond donors (Lipinski definition) is 1. The molecular formula is C12H26N2O. The first kappa shape index (κ1) is 12.9. The Morgan fingerprint density at radius 2 is 1.93 bits per heavy atom. The van der Waals surface area contributed by atoms with Crippen LogP contribution in [0.4, 0.5) is 0 Å². The van der Waals surface area contributed by atoms with E-state index in [9.17, 15) is 0 Å². The minimum atomic E-state index is 0.450. The van der Waals surface area contributed by atoms with Crippen molar-refractivity contribution in [3.8, 4) is 0 Å². The van der Waals surface area contributed by atoms with Crippen LogP contribution in [0.5, 0.6) is 0 Å². The van der Waals surface area contributed by atoms with Crippen LogP contribution < -0.4 is 5.73 Å². The number of rotatable bonds is 5. The monoisotopic (exact) mass is 214 g/mol. The average Bonchev–Trinajstić information content (AvgIpc) is 2.18. The molecule has 1 fully saturated rings. The van der Waals surface area contributed by atoms with Gasteiger partial charge in [-0.2, -0.15) is 0 Å². The number of nitrogens with two attached hydrogens (primary N) is 1. The van der Waals surface area contributed by atoms with Crippen LogP contribution in [0.15, 0.2) is 0 Å². The third kappa shape index (κ3) is 4.49. The van der Waals surface area contributed by atoms with Gasteiger partial charge >= 0.3 is 0 Å². The molecule has 1 rings (SSSR count). The Balaban J connectivity index is 2.24. The highest BCUT2D eigenvalue weighted by Crippen LogP contribution is 2.21. The van der Waals surface area contributed by atoms with Crippen LogP contribution in [0, 0.1) is 5.92 Å². The Labute approximate surface area is 94.0 Å². The SMILES string of the molecule is COCC(C)CN(C)C1CCC(N)CC1. The standard InChI is InChI=1S/C12H26N2O/c1-10(9-15-3)8-14(2)12-6-4-11(13)5-7-12/h10-12H,4-9,13H2,1-3H3. The van der Waals surface area contributed by atoms with Gasteiger partial charge in [-0.3, -0.25) is 0 Å². The van der Waals surface area contributed by atoms with Gasteiger partial charge < -0.3 is 15.4 Å². The van der Waals surface area contributed by atoms with E-state index >= 15 is 0 Å². The molecule has 15 heavy (non-hydrogen) atoms. The maximum atomic E-state index is 5.91. The average molecular weight is 214 g/mol. The molecule has 0 saturated heterocycles.